The van der Waals surface area contributed by atoms with Gasteiger partial charge in [0.2, 0.25) is 0 Å². The molecule has 12 heavy (non-hydrogen) atoms. The van der Waals surface area contributed by atoms with Crippen molar-refractivity contribution in [2.45, 2.75) is 60.8 Å². The Bertz CT molecular complexity index is 44.3. The lowest BCUT2D eigenvalue weighted by atomic mass is 10.1. The Labute approximate surface area is 79.2 Å². The molecule has 0 fully saturated rings. The van der Waals surface area contributed by atoms with Gasteiger partial charge in [-0.25, -0.2) is 0 Å². The van der Waals surface area contributed by atoms with Crippen molar-refractivity contribution in [2.24, 2.45) is 5.92 Å². The summed E-state index contributed by atoms with van der Waals surface area (Å²) in [5.41, 5.74) is 0. The van der Waals surface area contributed by atoms with E-state index in [2.05, 4.69) is 13.8 Å². The van der Waals surface area contributed by atoms with Crippen LogP contribution in [-0.2, 0) is 0 Å². The second-order valence-corrected chi connectivity index (χ2v) is 2.43. The molecule has 0 amide bonds. The van der Waals surface area contributed by atoms with Crippen molar-refractivity contribution in [2.75, 3.05) is 6.61 Å². The molecule has 0 heterocycles. The quantitative estimate of drug-likeness (QED) is 0.689. The summed E-state index contributed by atoms with van der Waals surface area (Å²) in [6.45, 7) is 12.6. The van der Waals surface area contributed by atoms with Crippen LogP contribution in [0.4, 0.5) is 0 Å². The SMILES string of the molecule is CC.CC.CCCC[C@H](C)CO. The zero-order valence-corrected chi connectivity index (χ0v) is 9.85. The topological polar surface area (TPSA) is 20.2 Å². The molecular weight excluding hydrogens is 148 g/mol. The van der Waals surface area contributed by atoms with Gasteiger partial charge in [-0.1, -0.05) is 54.4 Å². The highest BCUT2D eigenvalue weighted by Crippen LogP contribution is 2.04. The van der Waals surface area contributed by atoms with E-state index in [1.165, 1.54) is 19.3 Å². The van der Waals surface area contributed by atoms with Gasteiger partial charge < -0.3 is 5.11 Å². The molecule has 1 atom stereocenters. The predicted molar refractivity (Wildman–Crippen MR) is 58.5 cm³/mol. The van der Waals surface area contributed by atoms with Gasteiger partial charge in [0.1, 0.15) is 0 Å². The Morgan fingerprint density at radius 3 is 1.75 bits per heavy atom. The van der Waals surface area contributed by atoms with Crippen LogP contribution in [0.25, 0.3) is 0 Å². The lowest BCUT2D eigenvalue weighted by Crippen LogP contribution is -1.98. The molecule has 0 aliphatic carbocycles. The van der Waals surface area contributed by atoms with E-state index in [1.54, 1.807) is 0 Å². The van der Waals surface area contributed by atoms with Crippen LogP contribution in [0.5, 0.6) is 0 Å². The molecule has 0 bridgehead atoms. The van der Waals surface area contributed by atoms with Gasteiger partial charge in [0.25, 0.3) is 0 Å². The van der Waals surface area contributed by atoms with Crippen LogP contribution in [0, 0.1) is 5.92 Å². The summed E-state index contributed by atoms with van der Waals surface area (Å²) in [5.74, 6) is 0.509. The Balaban J connectivity index is -0.000000175. The standard InChI is InChI=1S/C7H16O.2C2H6/c1-3-4-5-7(2)6-8;2*1-2/h7-8H,3-6H2,1-2H3;2*1-2H3/t7-;;/m0../s1. The van der Waals surface area contributed by atoms with Gasteiger partial charge in [0, 0.05) is 6.61 Å². The maximum absolute atomic E-state index is 8.56. The minimum absolute atomic E-state index is 0.347. The van der Waals surface area contributed by atoms with Crippen molar-refractivity contribution in [1.29, 1.82) is 0 Å². The van der Waals surface area contributed by atoms with Crippen molar-refractivity contribution in [3.05, 3.63) is 0 Å². The minimum Gasteiger partial charge on any atom is -0.396 e. The van der Waals surface area contributed by atoms with E-state index in [-0.39, 0.29) is 0 Å². The number of unbranched alkanes of at least 4 members (excludes halogenated alkanes) is 1. The van der Waals surface area contributed by atoms with E-state index in [1.807, 2.05) is 27.7 Å². The van der Waals surface area contributed by atoms with E-state index in [0.29, 0.717) is 12.5 Å². The summed E-state index contributed by atoms with van der Waals surface area (Å²) < 4.78 is 0. The van der Waals surface area contributed by atoms with Gasteiger partial charge in [-0.2, -0.15) is 0 Å². The molecule has 0 saturated heterocycles. The van der Waals surface area contributed by atoms with E-state index in [4.69, 9.17) is 5.11 Å². The van der Waals surface area contributed by atoms with Gasteiger partial charge in [0.05, 0.1) is 0 Å². The van der Waals surface area contributed by atoms with Crippen LogP contribution in [-0.4, -0.2) is 11.7 Å². The molecule has 0 radical (unpaired) electrons. The molecule has 0 spiro atoms. The Morgan fingerprint density at radius 1 is 1.08 bits per heavy atom. The number of aliphatic hydroxyl groups excluding tert-OH is 1. The van der Waals surface area contributed by atoms with Gasteiger partial charge >= 0.3 is 0 Å². The maximum Gasteiger partial charge on any atom is 0.0456 e. The molecule has 0 unspecified atom stereocenters. The molecule has 0 aromatic rings. The molecule has 1 heteroatoms. The molecular formula is C11H28O. The fourth-order valence-corrected chi connectivity index (χ4v) is 0.644. The largest absolute Gasteiger partial charge is 0.396 e. The van der Waals surface area contributed by atoms with E-state index in [0.717, 1.165) is 0 Å². The van der Waals surface area contributed by atoms with Crippen LogP contribution >= 0.6 is 0 Å². The molecule has 0 saturated carbocycles. The number of rotatable bonds is 4. The van der Waals surface area contributed by atoms with Gasteiger partial charge in [-0.3, -0.25) is 0 Å². The zero-order chi connectivity index (χ0) is 10.4. The Morgan fingerprint density at radius 2 is 1.50 bits per heavy atom. The molecule has 0 aliphatic rings. The van der Waals surface area contributed by atoms with Gasteiger partial charge in [0.15, 0.2) is 0 Å². The Kier molecular flexibility index (Phi) is 33.5. The van der Waals surface area contributed by atoms with Gasteiger partial charge in [-0.15, -0.1) is 0 Å². The Hall–Kier alpha value is -0.0400. The summed E-state index contributed by atoms with van der Waals surface area (Å²) in [7, 11) is 0. The van der Waals surface area contributed by atoms with Crippen molar-refractivity contribution >= 4 is 0 Å². The van der Waals surface area contributed by atoms with Crippen molar-refractivity contribution in [3.8, 4) is 0 Å². The summed E-state index contributed by atoms with van der Waals surface area (Å²) in [4.78, 5) is 0. The summed E-state index contributed by atoms with van der Waals surface area (Å²) >= 11 is 0. The van der Waals surface area contributed by atoms with Gasteiger partial charge in [-0.05, 0) is 12.3 Å². The molecule has 0 aromatic carbocycles. The molecule has 1 N–H and O–H groups in total. The normalized spacial score (nSPS) is 10.2. The highest BCUT2D eigenvalue weighted by molar-refractivity contribution is 4.48. The van der Waals surface area contributed by atoms with Crippen molar-refractivity contribution in [1.82, 2.24) is 0 Å². The van der Waals surface area contributed by atoms with Crippen LogP contribution in [0.2, 0.25) is 0 Å². The maximum atomic E-state index is 8.56. The first kappa shape index (κ1) is 17.9. The second kappa shape index (κ2) is 22.4. The number of hydrogen-bond acceptors (Lipinski definition) is 1. The molecule has 1 nitrogen and oxygen atoms in total. The fourth-order valence-electron chi connectivity index (χ4n) is 0.644. The summed E-state index contributed by atoms with van der Waals surface area (Å²) in [6, 6.07) is 0. The first-order valence-electron chi connectivity index (χ1n) is 5.42. The fraction of sp³-hybridized carbons (Fsp3) is 1.00. The van der Waals surface area contributed by atoms with E-state index >= 15 is 0 Å². The molecule has 0 aromatic heterocycles. The minimum atomic E-state index is 0.347. The highest BCUT2D eigenvalue weighted by atomic mass is 16.3. The predicted octanol–water partition coefficient (Wildman–Crippen LogP) is 3.86. The van der Waals surface area contributed by atoms with Crippen LogP contribution in [0.3, 0.4) is 0 Å². The zero-order valence-electron chi connectivity index (χ0n) is 9.85. The van der Waals surface area contributed by atoms with Crippen molar-refractivity contribution in [3.63, 3.8) is 0 Å². The smallest absolute Gasteiger partial charge is 0.0456 e. The number of hydrogen-bond donors (Lipinski definition) is 1. The molecule has 0 aliphatic heterocycles. The van der Waals surface area contributed by atoms with E-state index < -0.39 is 0 Å². The summed E-state index contributed by atoms with van der Waals surface area (Å²) in [6.07, 6.45) is 3.67. The first-order valence-corrected chi connectivity index (χ1v) is 5.42. The monoisotopic (exact) mass is 176 g/mol. The van der Waals surface area contributed by atoms with Crippen LogP contribution in [0.1, 0.15) is 60.8 Å². The highest BCUT2D eigenvalue weighted by Gasteiger charge is 1.95. The van der Waals surface area contributed by atoms with Crippen LogP contribution < -0.4 is 0 Å². The first-order chi connectivity index (χ1) is 5.81. The lowest BCUT2D eigenvalue weighted by Gasteiger charge is -2.03. The second-order valence-electron chi connectivity index (χ2n) is 2.43. The third kappa shape index (κ3) is 22.5. The molecule has 0 rings (SSSR count). The van der Waals surface area contributed by atoms with E-state index in [9.17, 15) is 0 Å². The third-order valence-corrected chi connectivity index (χ3v) is 1.36. The summed E-state index contributed by atoms with van der Waals surface area (Å²) in [5, 5.41) is 8.56. The average molecular weight is 176 g/mol. The lowest BCUT2D eigenvalue weighted by molar-refractivity contribution is 0.228. The van der Waals surface area contributed by atoms with Crippen LogP contribution in [0.15, 0.2) is 0 Å². The molecule has 78 valence electrons. The third-order valence-electron chi connectivity index (χ3n) is 1.36. The average Bonchev–Trinajstić information content (AvgIpc) is 2.20. The number of aliphatic hydroxyl groups is 1. The van der Waals surface area contributed by atoms with Crippen molar-refractivity contribution < 1.29 is 5.11 Å².